The smallest absolute Gasteiger partial charge is 0.243 e. The van der Waals surface area contributed by atoms with Crippen LogP contribution in [0, 0.1) is 5.92 Å². The molecule has 0 saturated carbocycles. The summed E-state index contributed by atoms with van der Waals surface area (Å²) in [4.78, 5) is 33.0. The highest BCUT2D eigenvalue weighted by molar-refractivity contribution is 5.90. The van der Waals surface area contributed by atoms with Crippen molar-refractivity contribution in [3.63, 3.8) is 0 Å². The summed E-state index contributed by atoms with van der Waals surface area (Å²) in [6.07, 6.45) is 1.06. The number of hydrogen-bond donors (Lipinski definition) is 2. The second kappa shape index (κ2) is 6.98. The number of nitrogens with one attached hydrogen (secondary N) is 2. The maximum atomic E-state index is 11.7. The van der Waals surface area contributed by atoms with Crippen LogP contribution in [0.1, 0.15) is 34.1 Å². The first-order chi connectivity index (χ1) is 7.38. The molecule has 0 bridgehead atoms. The second-order valence-electron chi connectivity index (χ2n) is 4.31. The van der Waals surface area contributed by atoms with E-state index in [0.29, 0.717) is 12.8 Å². The molecular formula is C11H20N2O3. The first-order valence-electron chi connectivity index (χ1n) is 5.39. The molecule has 92 valence electrons. The van der Waals surface area contributed by atoms with Gasteiger partial charge in [-0.05, 0) is 26.2 Å². The summed E-state index contributed by atoms with van der Waals surface area (Å²) in [5.41, 5.74) is 0. The Balaban J connectivity index is 4.37. The zero-order valence-electron chi connectivity index (χ0n) is 10.2. The van der Waals surface area contributed by atoms with Crippen LogP contribution in [0.5, 0.6) is 0 Å². The van der Waals surface area contributed by atoms with E-state index >= 15 is 0 Å². The molecule has 0 aromatic heterocycles. The molecule has 0 radical (unpaired) electrons. The summed E-state index contributed by atoms with van der Waals surface area (Å²) < 4.78 is 0. The fourth-order valence-corrected chi connectivity index (χ4v) is 1.22. The monoisotopic (exact) mass is 228 g/mol. The average Bonchev–Trinajstić information content (AvgIpc) is 2.16. The number of carbonyl (C=O) groups is 3. The molecular weight excluding hydrogens is 208 g/mol. The van der Waals surface area contributed by atoms with E-state index in [1.165, 1.54) is 6.92 Å². The van der Waals surface area contributed by atoms with Gasteiger partial charge in [0.1, 0.15) is 6.04 Å². The van der Waals surface area contributed by atoms with Gasteiger partial charge < -0.3 is 10.6 Å². The highest BCUT2D eigenvalue weighted by atomic mass is 16.2. The third-order valence-corrected chi connectivity index (χ3v) is 2.26. The fraction of sp³-hybridized carbons (Fsp3) is 0.727. The molecule has 0 aromatic carbocycles. The Hall–Kier alpha value is -1.39. The van der Waals surface area contributed by atoms with Crippen molar-refractivity contribution < 1.29 is 14.4 Å². The Bertz CT molecular complexity index is 264. The lowest BCUT2D eigenvalue weighted by molar-refractivity contribution is -0.129. The molecule has 0 aliphatic rings. The number of hydrogen-bond acceptors (Lipinski definition) is 3. The SMILES string of the molecule is CC(=O)[C@H](C)NC(=O)[C@H](CC(C)C)NC=O. The highest BCUT2D eigenvalue weighted by Gasteiger charge is 2.21. The third-order valence-electron chi connectivity index (χ3n) is 2.26. The molecule has 5 nitrogen and oxygen atoms in total. The van der Waals surface area contributed by atoms with Crippen molar-refractivity contribution in [2.75, 3.05) is 0 Å². The van der Waals surface area contributed by atoms with E-state index in [-0.39, 0.29) is 17.6 Å². The molecule has 0 aliphatic heterocycles. The molecule has 0 unspecified atom stereocenters. The van der Waals surface area contributed by atoms with Crippen LogP contribution < -0.4 is 10.6 Å². The van der Waals surface area contributed by atoms with Crippen LogP contribution in [0.15, 0.2) is 0 Å². The van der Waals surface area contributed by atoms with E-state index < -0.39 is 12.1 Å². The van der Waals surface area contributed by atoms with E-state index in [1.807, 2.05) is 13.8 Å². The van der Waals surface area contributed by atoms with Gasteiger partial charge in [0, 0.05) is 0 Å². The molecule has 16 heavy (non-hydrogen) atoms. The minimum absolute atomic E-state index is 0.109. The Morgan fingerprint density at radius 2 is 1.81 bits per heavy atom. The largest absolute Gasteiger partial charge is 0.347 e. The summed E-state index contributed by atoms with van der Waals surface area (Å²) >= 11 is 0. The zero-order chi connectivity index (χ0) is 12.7. The van der Waals surface area contributed by atoms with E-state index in [0.717, 1.165) is 0 Å². The van der Waals surface area contributed by atoms with E-state index in [1.54, 1.807) is 6.92 Å². The summed E-state index contributed by atoms with van der Waals surface area (Å²) in [6, 6.07) is -1.09. The molecule has 2 atom stereocenters. The molecule has 0 aromatic rings. The molecule has 2 amide bonds. The molecule has 0 heterocycles. The van der Waals surface area contributed by atoms with Crippen molar-refractivity contribution in [3.05, 3.63) is 0 Å². The van der Waals surface area contributed by atoms with Gasteiger partial charge in [0.25, 0.3) is 0 Å². The van der Waals surface area contributed by atoms with Crippen molar-refractivity contribution >= 4 is 18.1 Å². The normalized spacial score (nSPS) is 14.1. The number of ketones is 1. The Morgan fingerprint density at radius 3 is 2.19 bits per heavy atom. The molecule has 0 aliphatic carbocycles. The van der Waals surface area contributed by atoms with Crippen LogP contribution in [0.3, 0.4) is 0 Å². The number of carbonyl (C=O) groups excluding carboxylic acids is 3. The Morgan fingerprint density at radius 1 is 1.25 bits per heavy atom. The van der Waals surface area contributed by atoms with Crippen LogP contribution >= 0.6 is 0 Å². The molecule has 0 fully saturated rings. The summed E-state index contributed by atoms with van der Waals surface area (Å²) in [5, 5.41) is 5.01. The third kappa shape index (κ3) is 5.48. The van der Waals surface area contributed by atoms with Gasteiger partial charge >= 0.3 is 0 Å². The van der Waals surface area contributed by atoms with Gasteiger partial charge in [-0.15, -0.1) is 0 Å². The fourth-order valence-electron chi connectivity index (χ4n) is 1.22. The number of Topliss-reactive ketones (excluding diaryl/α,β-unsaturated/α-hetero) is 1. The molecule has 0 rings (SSSR count). The van der Waals surface area contributed by atoms with Gasteiger partial charge in [-0.3, -0.25) is 14.4 Å². The quantitative estimate of drug-likeness (QED) is 0.613. The van der Waals surface area contributed by atoms with Crippen LogP contribution in [-0.4, -0.2) is 30.2 Å². The Labute approximate surface area is 96.0 Å². The lowest BCUT2D eigenvalue weighted by atomic mass is 10.0. The summed E-state index contributed by atoms with van der Waals surface area (Å²) in [5.74, 6) is -0.137. The van der Waals surface area contributed by atoms with Crippen LogP contribution in [-0.2, 0) is 14.4 Å². The maximum Gasteiger partial charge on any atom is 0.243 e. The minimum Gasteiger partial charge on any atom is -0.347 e. The van der Waals surface area contributed by atoms with Crippen molar-refractivity contribution in [1.29, 1.82) is 0 Å². The van der Waals surface area contributed by atoms with Crippen molar-refractivity contribution in [2.24, 2.45) is 5.92 Å². The van der Waals surface area contributed by atoms with Gasteiger partial charge in [0.15, 0.2) is 5.78 Å². The lowest BCUT2D eigenvalue weighted by Gasteiger charge is -2.19. The molecule has 0 spiro atoms. The van der Waals surface area contributed by atoms with E-state index in [2.05, 4.69) is 10.6 Å². The standard InChI is InChI=1S/C11H20N2O3/c1-7(2)5-10(12-6-14)11(16)13-8(3)9(4)15/h6-8,10H,5H2,1-4H3,(H,12,14)(H,13,16)/t8-,10-/m0/s1. The number of rotatable bonds is 7. The van der Waals surface area contributed by atoms with Gasteiger partial charge in [0.05, 0.1) is 6.04 Å². The predicted octanol–water partition coefficient (Wildman–Crippen LogP) is 0.241. The van der Waals surface area contributed by atoms with Crippen LogP contribution in [0.2, 0.25) is 0 Å². The first kappa shape index (κ1) is 14.6. The molecule has 2 N–H and O–H groups in total. The average molecular weight is 228 g/mol. The maximum absolute atomic E-state index is 11.7. The van der Waals surface area contributed by atoms with Gasteiger partial charge in [-0.2, -0.15) is 0 Å². The second-order valence-corrected chi connectivity index (χ2v) is 4.31. The van der Waals surface area contributed by atoms with Gasteiger partial charge in [-0.25, -0.2) is 0 Å². The predicted molar refractivity (Wildman–Crippen MR) is 60.7 cm³/mol. The van der Waals surface area contributed by atoms with Crippen LogP contribution in [0.25, 0.3) is 0 Å². The highest BCUT2D eigenvalue weighted by Crippen LogP contribution is 2.04. The first-order valence-corrected chi connectivity index (χ1v) is 5.39. The molecule has 5 heteroatoms. The molecule has 0 saturated heterocycles. The van der Waals surface area contributed by atoms with Crippen molar-refractivity contribution in [3.8, 4) is 0 Å². The van der Waals surface area contributed by atoms with E-state index in [4.69, 9.17) is 0 Å². The minimum atomic E-state index is -0.570. The van der Waals surface area contributed by atoms with Gasteiger partial charge in [0.2, 0.25) is 12.3 Å². The Kier molecular flexibility index (Phi) is 6.37. The topological polar surface area (TPSA) is 75.3 Å². The van der Waals surface area contributed by atoms with Crippen molar-refractivity contribution in [2.45, 2.75) is 46.2 Å². The van der Waals surface area contributed by atoms with Gasteiger partial charge in [-0.1, -0.05) is 13.8 Å². The van der Waals surface area contributed by atoms with E-state index in [9.17, 15) is 14.4 Å². The summed E-state index contributed by atoms with van der Waals surface area (Å²) in [6.45, 7) is 6.95. The summed E-state index contributed by atoms with van der Waals surface area (Å²) in [7, 11) is 0. The lowest BCUT2D eigenvalue weighted by Crippen LogP contribution is -2.49. The number of amides is 2. The van der Waals surface area contributed by atoms with Crippen LogP contribution in [0.4, 0.5) is 0 Å². The zero-order valence-corrected chi connectivity index (χ0v) is 10.2. The van der Waals surface area contributed by atoms with Crippen molar-refractivity contribution in [1.82, 2.24) is 10.6 Å².